The molecule has 4 fully saturated rings. The van der Waals surface area contributed by atoms with Crippen molar-refractivity contribution in [1.82, 2.24) is 4.98 Å². The van der Waals surface area contributed by atoms with E-state index in [1.165, 1.54) is 7.11 Å². The summed E-state index contributed by atoms with van der Waals surface area (Å²) in [7, 11) is 1.38. The SMILES string of the molecule is COC(=O)c1c(C)nc2cccc(C)c2c1NCc1ccc(C#C[C@@]2(O)CC[C@@]3(C)C(C[C@@H](O)C4C3C[C@H](O)[C@@]3(C)C4CC[C@@H]3C(C)CCC(=O)O)C2)cc1. The van der Waals surface area contributed by atoms with E-state index in [4.69, 9.17) is 4.74 Å². The van der Waals surface area contributed by atoms with Crippen molar-refractivity contribution in [3.63, 3.8) is 0 Å². The fraction of sp³-hybridized carbons (Fsp3) is 0.587. The number of aromatic nitrogens is 1. The van der Waals surface area contributed by atoms with E-state index in [1.54, 1.807) is 0 Å². The summed E-state index contributed by atoms with van der Waals surface area (Å²) in [6, 6.07) is 13.8. The monoisotopic (exact) mass is 750 g/mol. The van der Waals surface area contributed by atoms with Crippen molar-refractivity contribution in [2.75, 3.05) is 12.4 Å². The van der Waals surface area contributed by atoms with Crippen LogP contribution in [0.1, 0.15) is 111 Å². The molecule has 11 atom stereocenters. The van der Waals surface area contributed by atoms with Crippen molar-refractivity contribution in [2.24, 2.45) is 46.3 Å². The smallest absolute Gasteiger partial charge is 0.341 e. The molecule has 1 aromatic heterocycles. The van der Waals surface area contributed by atoms with Crippen molar-refractivity contribution in [3.05, 3.63) is 70.4 Å². The number of nitrogens with zero attached hydrogens (tertiary/aromatic N) is 1. The first-order valence-corrected chi connectivity index (χ1v) is 20.2. The molecule has 2 aromatic carbocycles. The van der Waals surface area contributed by atoms with E-state index in [1.807, 2.05) is 56.3 Å². The maximum Gasteiger partial charge on any atom is 0.341 e. The number of methoxy groups -OCH3 is 1. The Kier molecular flexibility index (Phi) is 10.6. The topological polar surface area (TPSA) is 149 Å². The van der Waals surface area contributed by atoms with Crippen LogP contribution in [-0.4, -0.2) is 62.3 Å². The van der Waals surface area contributed by atoms with Gasteiger partial charge in [0.05, 0.1) is 36.2 Å². The number of anilines is 1. The molecule has 7 rings (SSSR count). The molecule has 0 saturated heterocycles. The maximum atomic E-state index is 12.8. The largest absolute Gasteiger partial charge is 0.481 e. The van der Waals surface area contributed by atoms with Gasteiger partial charge in [-0.2, -0.15) is 0 Å². The summed E-state index contributed by atoms with van der Waals surface area (Å²) < 4.78 is 5.12. The number of ether oxygens (including phenoxy) is 1. The predicted molar refractivity (Wildman–Crippen MR) is 212 cm³/mol. The average Bonchev–Trinajstić information content (AvgIpc) is 3.51. The molecule has 0 bridgehead atoms. The number of carboxylic acid groups (broad SMARTS) is 1. The maximum absolute atomic E-state index is 12.8. The molecule has 0 amide bonds. The number of aliphatic carboxylic acids is 1. The molecule has 4 aliphatic carbocycles. The molecule has 294 valence electrons. The highest BCUT2D eigenvalue weighted by molar-refractivity contribution is 6.07. The third-order valence-electron chi connectivity index (χ3n) is 15.1. The molecule has 5 unspecified atom stereocenters. The molecule has 9 heteroatoms. The Morgan fingerprint density at radius 1 is 1.04 bits per heavy atom. The zero-order valence-electron chi connectivity index (χ0n) is 33.2. The van der Waals surface area contributed by atoms with Gasteiger partial charge in [-0.1, -0.05) is 56.9 Å². The minimum atomic E-state index is -1.17. The Morgan fingerprint density at radius 2 is 1.78 bits per heavy atom. The number of aliphatic hydroxyl groups is 3. The van der Waals surface area contributed by atoms with Gasteiger partial charge in [-0.05, 0) is 141 Å². The molecule has 9 nitrogen and oxygen atoms in total. The van der Waals surface area contributed by atoms with E-state index in [0.717, 1.165) is 46.9 Å². The van der Waals surface area contributed by atoms with Crippen LogP contribution in [0.3, 0.4) is 0 Å². The van der Waals surface area contributed by atoms with Crippen LogP contribution < -0.4 is 5.32 Å². The number of hydrogen-bond acceptors (Lipinski definition) is 8. The van der Waals surface area contributed by atoms with Gasteiger partial charge in [-0.15, -0.1) is 0 Å². The quantitative estimate of drug-likeness (QED) is 0.117. The van der Waals surface area contributed by atoms with Crippen molar-refractivity contribution >= 4 is 28.5 Å². The number of hydrogen-bond donors (Lipinski definition) is 5. The number of aryl methyl sites for hydroxylation is 2. The highest BCUT2D eigenvalue weighted by Crippen LogP contribution is 2.69. The number of carbonyl (C=O) groups excluding carboxylic acids is 1. The summed E-state index contributed by atoms with van der Waals surface area (Å²) in [5.41, 5.74) is 3.73. The number of carbonyl (C=O) groups is 2. The van der Waals surface area contributed by atoms with Gasteiger partial charge in [-0.25, -0.2) is 4.79 Å². The van der Waals surface area contributed by atoms with Crippen LogP contribution in [0.4, 0.5) is 5.69 Å². The average molecular weight is 751 g/mol. The second kappa shape index (κ2) is 14.8. The Hall–Kier alpha value is -3.97. The number of aliphatic hydroxyl groups excluding tert-OH is 2. The van der Waals surface area contributed by atoms with Crippen LogP contribution >= 0.6 is 0 Å². The Labute approximate surface area is 325 Å². The first-order chi connectivity index (χ1) is 26.1. The minimum Gasteiger partial charge on any atom is -0.481 e. The Morgan fingerprint density at radius 3 is 2.49 bits per heavy atom. The summed E-state index contributed by atoms with van der Waals surface area (Å²) in [6.45, 7) is 11.0. The zero-order valence-corrected chi connectivity index (χ0v) is 33.2. The highest BCUT2D eigenvalue weighted by atomic mass is 16.5. The first-order valence-electron chi connectivity index (χ1n) is 20.2. The van der Waals surface area contributed by atoms with Gasteiger partial charge in [0.2, 0.25) is 0 Å². The number of carboxylic acids is 1. The second-order valence-corrected chi connectivity index (χ2v) is 18.0. The summed E-state index contributed by atoms with van der Waals surface area (Å²) in [4.78, 5) is 28.8. The van der Waals surface area contributed by atoms with Gasteiger partial charge >= 0.3 is 11.9 Å². The van der Waals surface area contributed by atoms with Crippen molar-refractivity contribution in [1.29, 1.82) is 0 Å². The molecule has 4 aliphatic rings. The van der Waals surface area contributed by atoms with Crippen molar-refractivity contribution in [3.8, 4) is 11.8 Å². The van der Waals surface area contributed by atoms with Crippen LogP contribution in [0, 0.1) is 72.0 Å². The summed E-state index contributed by atoms with van der Waals surface area (Å²) >= 11 is 0. The number of esters is 1. The van der Waals surface area contributed by atoms with Gasteiger partial charge in [-0.3, -0.25) is 9.78 Å². The molecule has 1 heterocycles. The van der Waals surface area contributed by atoms with Crippen LogP contribution in [0.2, 0.25) is 0 Å². The van der Waals surface area contributed by atoms with Crippen molar-refractivity contribution < 1.29 is 34.8 Å². The Balaban J connectivity index is 1.04. The van der Waals surface area contributed by atoms with Gasteiger partial charge in [0.15, 0.2) is 0 Å². The van der Waals surface area contributed by atoms with E-state index < -0.39 is 29.7 Å². The molecular formula is C46H58N2O7. The van der Waals surface area contributed by atoms with E-state index >= 15 is 0 Å². The molecule has 0 spiro atoms. The molecule has 4 saturated carbocycles. The minimum absolute atomic E-state index is 0.0833. The second-order valence-electron chi connectivity index (χ2n) is 18.0. The molecule has 3 aromatic rings. The fourth-order valence-electron chi connectivity index (χ4n) is 12.0. The van der Waals surface area contributed by atoms with E-state index in [0.29, 0.717) is 55.6 Å². The van der Waals surface area contributed by atoms with Crippen LogP contribution in [-0.2, 0) is 16.1 Å². The molecule has 55 heavy (non-hydrogen) atoms. The summed E-state index contributed by atoms with van der Waals surface area (Å²) in [6.07, 6.45) is 4.72. The number of fused-ring (bicyclic) bond motifs is 6. The lowest BCUT2D eigenvalue weighted by Gasteiger charge is -2.64. The van der Waals surface area contributed by atoms with Crippen molar-refractivity contribution in [2.45, 2.75) is 117 Å². The van der Waals surface area contributed by atoms with Gasteiger partial charge in [0, 0.05) is 23.9 Å². The normalized spacial score (nSPS) is 34.4. The number of nitrogens with one attached hydrogen (secondary N) is 1. The summed E-state index contributed by atoms with van der Waals surface area (Å²) in [5, 5.41) is 49.3. The van der Waals surface area contributed by atoms with Crippen LogP contribution in [0.5, 0.6) is 0 Å². The molecular weight excluding hydrogens is 693 g/mol. The fourth-order valence-corrected chi connectivity index (χ4v) is 12.0. The molecule has 0 radical (unpaired) electrons. The standard InChI is InChI=1S/C46H58N2O7/c1-26(10-17-38(51)52)32-15-16-33-41-34(23-37(50)45(32,33)5)44(4)20-21-46(54,24-31(44)22-36(41)49)19-18-29-11-13-30(14-12-29)25-47-42-39-27(2)8-7-9-35(39)48-28(3)40(42)43(53)55-6/h7-9,11-14,26,31-34,36-37,41,49-50,54H,10,15-17,20-25H2,1-6H3,(H,47,48)(H,51,52)/t26?,31?,32-,33?,34?,36-,37+,41?,44+,45-,46-/m1/s1. The lowest BCUT2D eigenvalue weighted by atomic mass is 9.42. The number of rotatable bonds is 8. The van der Waals surface area contributed by atoms with Crippen LogP contribution in [0.25, 0.3) is 10.9 Å². The molecule has 5 N–H and O–H groups in total. The van der Waals surface area contributed by atoms with Gasteiger partial charge in [0.1, 0.15) is 11.2 Å². The first kappa shape index (κ1) is 39.3. The Bertz CT molecular complexity index is 2020. The number of pyridine rings is 1. The molecule has 0 aliphatic heterocycles. The predicted octanol–water partition coefficient (Wildman–Crippen LogP) is 7.43. The zero-order chi connectivity index (χ0) is 39.4. The van der Waals surface area contributed by atoms with E-state index in [9.17, 15) is 30.0 Å². The van der Waals surface area contributed by atoms with Gasteiger partial charge in [0.25, 0.3) is 0 Å². The lowest BCUT2D eigenvalue weighted by Crippen LogP contribution is -2.63. The van der Waals surface area contributed by atoms with Crippen LogP contribution in [0.15, 0.2) is 42.5 Å². The highest BCUT2D eigenvalue weighted by Gasteiger charge is 2.66. The summed E-state index contributed by atoms with van der Waals surface area (Å²) in [5.74, 6) is 6.22. The third-order valence-corrected chi connectivity index (χ3v) is 15.1. The number of benzene rings is 2. The lowest BCUT2D eigenvalue weighted by molar-refractivity contribution is -0.211. The van der Waals surface area contributed by atoms with Gasteiger partial charge < -0.3 is 30.5 Å². The third kappa shape index (κ3) is 6.93. The van der Waals surface area contributed by atoms with E-state index in [-0.39, 0.29) is 52.8 Å². The van der Waals surface area contributed by atoms with E-state index in [2.05, 4.69) is 42.9 Å².